The molecule has 2 aromatic carbocycles. The number of hydrogen-bond acceptors (Lipinski definition) is 4. The highest BCUT2D eigenvalue weighted by Gasteiger charge is 2.21. The summed E-state index contributed by atoms with van der Waals surface area (Å²) in [5.74, 6) is 0.611. The van der Waals surface area contributed by atoms with Gasteiger partial charge in [-0.1, -0.05) is 62.7 Å². The number of amides is 2. The second-order valence-corrected chi connectivity index (χ2v) is 8.50. The first kappa shape index (κ1) is 25.4. The highest BCUT2D eigenvalue weighted by molar-refractivity contribution is 5.84. The zero-order chi connectivity index (χ0) is 23.5. The Balaban J connectivity index is 2.10. The van der Waals surface area contributed by atoms with E-state index in [4.69, 9.17) is 10.5 Å². The molecule has 0 saturated carbocycles. The molecule has 0 aromatic heterocycles. The summed E-state index contributed by atoms with van der Waals surface area (Å²) in [6.07, 6.45) is 2.27. The van der Waals surface area contributed by atoms with Crippen LogP contribution < -0.4 is 21.1 Å². The molecule has 0 aliphatic heterocycles. The zero-order valence-electron chi connectivity index (χ0n) is 19.6. The highest BCUT2D eigenvalue weighted by atomic mass is 16.5. The summed E-state index contributed by atoms with van der Waals surface area (Å²) in [6.45, 7) is 8.78. The number of ether oxygens (including phenoxy) is 1. The fraction of sp³-hybridized carbons (Fsp3) is 0.462. The van der Waals surface area contributed by atoms with Gasteiger partial charge in [-0.2, -0.15) is 0 Å². The van der Waals surface area contributed by atoms with Gasteiger partial charge < -0.3 is 21.1 Å². The van der Waals surface area contributed by atoms with Gasteiger partial charge in [0.05, 0.1) is 24.6 Å². The monoisotopic (exact) mass is 439 g/mol. The summed E-state index contributed by atoms with van der Waals surface area (Å²) in [6, 6.07) is 16.3. The van der Waals surface area contributed by atoms with Crippen LogP contribution in [0.2, 0.25) is 0 Å². The predicted octanol–water partition coefficient (Wildman–Crippen LogP) is 3.93. The fourth-order valence-corrected chi connectivity index (χ4v) is 3.42. The summed E-state index contributed by atoms with van der Waals surface area (Å²) in [7, 11) is 0. The Morgan fingerprint density at radius 1 is 0.938 bits per heavy atom. The van der Waals surface area contributed by atoms with Crippen LogP contribution in [0.25, 0.3) is 0 Å². The van der Waals surface area contributed by atoms with E-state index in [2.05, 4.69) is 24.5 Å². The molecule has 0 radical (unpaired) electrons. The van der Waals surface area contributed by atoms with Crippen molar-refractivity contribution in [1.29, 1.82) is 0 Å². The SMILES string of the molecule is CCCC(C)COc1ccc([C@@H](CNC(=O)[C@@H](C)N)NC(=O)[C@@H](C)c2ccccc2)cc1. The molecular formula is C26H37N3O3. The third-order valence-corrected chi connectivity index (χ3v) is 5.50. The van der Waals surface area contributed by atoms with E-state index in [-0.39, 0.29) is 30.3 Å². The first-order valence-electron chi connectivity index (χ1n) is 11.4. The standard InChI is InChI=1S/C26H37N3O3/c1-5-9-18(2)17-32-23-14-12-22(13-15-23)24(16-28-26(31)20(4)27)29-25(30)19(3)21-10-7-6-8-11-21/h6-8,10-15,18-20,24H,5,9,16-17,27H2,1-4H3,(H,28,31)(H,29,30)/t18?,19-,20+,24+/m0/s1. The van der Waals surface area contributed by atoms with E-state index in [0.717, 1.165) is 29.7 Å². The van der Waals surface area contributed by atoms with E-state index in [1.807, 2.05) is 61.5 Å². The summed E-state index contributed by atoms with van der Waals surface area (Å²) >= 11 is 0. The first-order valence-corrected chi connectivity index (χ1v) is 11.4. The maximum atomic E-state index is 12.9. The molecular weight excluding hydrogens is 402 g/mol. The molecule has 6 heteroatoms. The van der Waals surface area contributed by atoms with E-state index in [9.17, 15) is 9.59 Å². The van der Waals surface area contributed by atoms with Crippen molar-refractivity contribution in [2.75, 3.05) is 13.2 Å². The number of nitrogens with two attached hydrogens (primary N) is 1. The van der Waals surface area contributed by atoms with Crippen LogP contribution in [0, 0.1) is 5.92 Å². The minimum Gasteiger partial charge on any atom is -0.493 e. The molecule has 0 aliphatic rings. The molecule has 2 rings (SSSR count). The van der Waals surface area contributed by atoms with Gasteiger partial charge >= 0.3 is 0 Å². The maximum Gasteiger partial charge on any atom is 0.236 e. The number of rotatable bonds is 12. The van der Waals surface area contributed by atoms with Gasteiger partial charge in [0.1, 0.15) is 5.75 Å². The van der Waals surface area contributed by atoms with E-state index in [0.29, 0.717) is 12.5 Å². The summed E-state index contributed by atoms with van der Waals surface area (Å²) < 4.78 is 5.89. The molecule has 2 aromatic rings. The quantitative estimate of drug-likeness (QED) is 0.467. The lowest BCUT2D eigenvalue weighted by molar-refractivity contribution is -0.124. The molecule has 6 nitrogen and oxygen atoms in total. The molecule has 174 valence electrons. The minimum atomic E-state index is -0.615. The van der Waals surface area contributed by atoms with Gasteiger partial charge in [-0.05, 0) is 49.4 Å². The number of nitrogens with one attached hydrogen (secondary N) is 2. The lowest BCUT2D eigenvalue weighted by atomic mass is 9.99. The van der Waals surface area contributed by atoms with E-state index < -0.39 is 6.04 Å². The zero-order valence-corrected chi connectivity index (χ0v) is 19.6. The van der Waals surface area contributed by atoms with Crippen LogP contribution in [0.1, 0.15) is 63.6 Å². The van der Waals surface area contributed by atoms with Crippen LogP contribution in [-0.4, -0.2) is 31.0 Å². The molecule has 4 N–H and O–H groups in total. The average Bonchev–Trinajstić information content (AvgIpc) is 2.80. The number of carbonyl (C=O) groups is 2. The van der Waals surface area contributed by atoms with Gasteiger partial charge in [-0.15, -0.1) is 0 Å². The molecule has 0 bridgehead atoms. The molecule has 0 heterocycles. The minimum absolute atomic E-state index is 0.107. The van der Waals surface area contributed by atoms with E-state index >= 15 is 0 Å². The number of carbonyl (C=O) groups excluding carboxylic acids is 2. The number of benzene rings is 2. The van der Waals surface area contributed by atoms with Crippen molar-refractivity contribution in [3.63, 3.8) is 0 Å². The second-order valence-electron chi connectivity index (χ2n) is 8.50. The van der Waals surface area contributed by atoms with Crippen molar-refractivity contribution in [3.05, 3.63) is 65.7 Å². The summed E-state index contributed by atoms with van der Waals surface area (Å²) in [4.78, 5) is 24.9. The molecule has 0 aliphatic carbocycles. The molecule has 1 unspecified atom stereocenters. The van der Waals surface area contributed by atoms with Crippen LogP contribution in [0.15, 0.2) is 54.6 Å². The van der Waals surface area contributed by atoms with Crippen molar-refractivity contribution in [1.82, 2.24) is 10.6 Å². The Bertz CT molecular complexity index is 837. The predicted molar refractivity (Wildman–Crippen MR) is 128 cm³/mol. The molecule has 0 saturated heterocycles. The lowest BCUT2D eigenvalue weighted by Crippen LogP contribution is -2.44. The van der Waals surface area contributed by atoms with Crippen molar-refractivity contribution < 1.29 is 14.3 Å². The Hall–Kier alpha value is -2.86. The molecule has 0 fully saturated rings. The van der Waals surface area contributed by atoms with Crippen molar-refractivity contribution >= 4 is 11.8 Å². The summed E-state index contributed by atoms with van der Waals surface area (Å²) in [5, 5.41) is 5.90. The lowest BCUT2D eigenvalue weighted by Gasteiger charge is -2.23. The van der Waals surface area contributed by atoms with Crippen molar-refractivity contribution in [2.45, 2.75) is 58.5 Å². The topological polar surface area (TPSA) is 93.4 Å². The number of hydrogen-bond donors (Lipinski definition) is 3. The van der Waals surface area contributed by atoms with Crippen molar-refractivity contribution in [3.8, 4) is 5.75 Å². The van der Waals surface area contributed by atoms with Crippen LogP contribution in [-0.2, 0) is 9.59 Å². The first-order chi connectivity index (χ1) is 15.3. The van der Waals surface area contributed by atoms with Gasteiger partial charge in [0.2, 0.25) is 11.8 Å². The normalized spacial score (nSPS) is 14.7. The second kappa shape index (κ2) is 12.9. The van der Waals surface area contributed by atoms with Gasteiger partial charge in [0.15, 0.2) is 0 Å². The molecule has 2 amide bonds. The van der Waals surface area contributed by atoms with Gasteiger partial charge in [-0.3, -0.25) is 9.59 Å². The molecule has 0 spiro atoms. The third kappa shape index (κ3) is 8.00. The Morgan fingerprint density at radius 2 is 1.59 bits per heavy atom. The Morgan fingerprint density at radius 3 is 2.19 bits per heavy atom. The smallest absolute Gasteiger partial charge is 0.236 e. The third-order valence-electron chi connectivity index (χ3n) is 5.50. The van der Waals surface area contributed by atoms with Gasteiger partial charge in [-0.25, -0.2) is 0 Å². The van der Waals surface area contributed by atoms with E-state index in [1.54, 1.807) is 6.92 Å². The Kier molecular flexibility index (Phi) is 10.2. The highest BCUT2D eigenvalue weighted by Crippen LogP contribution is 2.21. The van der Waals surface area contributed by atoms with Crippen LogP contribution in [0.5, 0.6) is 5.75 Å². The largest absolute Gasteiger partial charge is 0.493 e. The summed E-state index contributed by atoms with van der Waals surface area (Å²) in [5.41, 5.74) is 7.49. The average molecular weight is 440 g/mol. The maximum absolute atomic E-state index is 12.9. The van der Waals surface area contributed by atoms with Crippen LogP contribution in [0.3, 0.4) is 0 Å². The Labute approximate surface area is 191 Å². The van der Waals surface area contributed by atoms with Crippen molar-refractivity contribution in [2.24, 2.45) is 11.7 Å². The molecule has 32 heavy (non-hydrogen) atoms. The van der Waals surface area contributed by atoms with Gasteiger partial charge in [0, 0.05) is 6.54 Å². The fourth-order valence-electron chi connectivity index (χ4n) is 3.42. The van der Waals surface area contributed by atoms with Crippen LogP contribution >= 0.6 is 0 Å². The molecule has 4 atom stereocenters. The van der Waals surface area contributed by atoms with E-state index in [1.165, 1.54) is 0 Å². The van der Waals surface area contributed by atoms with Gasteiger partial charge in [0.25, 0.3) is 0 Å². The van der Waals surface area contributed by atoms with Crippen LogP contribution in [0.4, 0.5) is 0 Å².